The van der Waals surface area contributed by atoms with E-state index in [0.717, 1.165) is 0 Å². The van der Waals surface area contributed by atoms with Crippen LogP contribution >= 0.6 is 7.92 Å². The first kappa shape index (κ1) is 14.6. The van der Waals surface area contributed by atoms with Gasteiger partial charge in [0.1, 0.15) is 0 Å². The van der Waals surface area contributed by atoms with Crippen LogP contribution in [-0.2, 0) is 9.53 Å². The highest BCUT2D eigenvalue weighted by atomic mass is 31.1. The molecule has 3 heteroatoms. The predicted molar refractivity (Wildman–Crippen MR) is 67.6 cm³/mol. The topological polar surface area (TPSA) is 26.3 Å². The summed E-state index contributed by atoms with van der Waals surface area (Å²) in [6, 6.07) is 0. The average molecular weight is 230 g/mol. The Balaban J connectivity index is 4.84. The second-order valence-electron chi connectivity index (χ2n) is 5.55. The van der Waals surface area contributed by atoms with Gasteiger partial charge >= 0.3 is 5.97 Å². The Morgan fingerprint density at radius 3 is 1.73 bits per heavy atom. The first-order chi connectivity index (χ1) is 6.59. The molecule has 0 aliphatic carbocycles. The molecule has 2 nitrogen and oxygen atoms in total. The summed E-state index contributed by atoms with van der Waals surface area (Å²) in [6.45, 7) is 13.3. The number of hydrogen-bond acceptors (Lipinski definition) is 2. The zero-order valence-electron chi connectivity index (χ0n) is 10.9. The Bertz CT molecular complexity index is 229. The van der Waals surface area contributed by atoms with Gasteiger partial charge in [-0.15, -0.1) is 0 Å². The number of carbonyl (C=O) groups excluding carboxylic acids is 1. The van der Waals surface area contributed by atoms with Crippen molar-refractivity contribution in [2.75, 3.05) is 7.11 Å². The van der Waals surface area contributed by atoms with Crippen LogP contribution in [0, 0.1) is 0 Å². The van der Waals surface area contributed by atoms with E-state index in [-0.39, 0.29) is 24.2 Å². The first-order valence-corrected chi connectivity index (χ1v) is 6.55. The Labute approximate surface area is 94.8 Å². The van der Waals surface area contributed by atoms with Crippen molar-refractivity contribution in [3.05, 3.63) is 11.9 Å². The van der Waals surface area contributed by atoms with Crippen LogP contribution in [0.1, 0.15) is 41.5 Å². The van der Waals surface area contributed by atoms with Gasteiger partial charge in [0.15, 0.2) is 0 Å². The molecule has 0 atom stereocenters. The fourth-order valence-electron chi connectivity index (χ4n) is 1.66. The van der Waals surface area contributed by atoms with E-state index in [1.807, 2.05) is 5.82 Å². The molecule has 0 saturated heterocycles. The molecule has 0 N–H and O–H groups in total. The molecule has 0 bridgehead atoms. The summed E-state index contributed by atoms with van der Waals surface area (Å²) >= 11 is 0. The van der Waals surface area contributed by atoms with Crippen molar-refractivity contribution >= 4 is 13.9 Å². The zero-order chi connectivity index (χ0) is 12.3. The predicted octanol–water partition coefficient (Wildman–Crippen LogP) is 3.75. The van der Waals surface area contributed by atoms with Crippen LogP contribution < -0.4 is 0 Å². The summed E-state index contributed by atoms with van der Waals surface area (Å²) < 4.78 is 4.61. The standard InChI is InChI=1S/C12H23O2P/c1-11(2,3)15(12(4,5)6)9-8-10(13)14-7/h8-9H,1-7H3/b9-8+. The molecule has 0 radical (unpaired) electrons. The van der Waals surface area contributed by atoms with Crippen LogP contribution in [0.2, 0.25) is 0 Å². The lowest BCUT2D eigenvalue weighted by Gasteiger charge is -2.39. The quantitative estimate of drug-likeness (QED) is 0.410. The lowest BCUT2D eigenvalue weighted by Crippen LogP contribution is -2.23. The molecule has 0 heterocycles. The van der Waals surface area contributed by atoms with E-state index in [2.05, 4.69) is 46.3 Å². The number of esters is 1. The van der Waals surface area contributed by atoms with Crippen LogP contribution in [0.15, 0.2) is 11.9 Å². The van der Waals surface area contributed by atoms with Crippen LogP contribution in [0.4, 0.5) is 0 Å². The molecule has 0 amide bonds. The van der Waals surface area contributed by atoms with Gasteiger partial charge in [-0.05, 0) is 10.3 Å². The summed E-state index contributed by atoms with van der Waals surface area (Å²) in [5.74, 6) is 1.76. The summed E-state index contributed by atoms with van der Waals surface area (Å²) in [6.07, 6.45) is 1.56. The molecule has 0 unspecified atom stereocenters. The van der Waals surface area contributed by atoms with Crippen LogP contribution in [0.25, 0.3) is 0 Å². The van der Waals surface area contributed by atoms with E-state index in [9.17, 15) is 4.79 Å². The summed E-state index contributed by atoms with van der Waals surface area (Å²) in [5, 5.41) is 0.413. The maximum absolute atomic E-state index is 11.1. The minimum absolute atomic E-state index is 0.206. The van der Waals surface area contributed by atoms with Crippen LogP contribution in [0.3, 0.4) is 0 Å². The van der Waals surface area contributed by atoms with Crippen molar-refractivity contribution < 1.29 is 9.53 Å². The van der Waals surface area contributed by atoms with Gasteiger partial charge in [-0.25, -0.2) is 4.79 Å². The van der Waals surface area contributed by atoms with Crippen molar-refractivity contribution in [1.29, 1.82) is 0 Å². The third-order valence-electron chi connectivity index (χ3n) is 2.01. The highest BCUT2D eigenvalue weighted by molar-refractivity contribution is 7.64. The molecule has 0 aromatic rings. The van der Waals surface area contributed by atoms with E-state index in [4.69, 9.17) is 0 Å². The number of methoxy groups -OCH3 is 1. The van der Waals surface area contributed by atoms with E-state index in [0.29, 0.717) is 0 Å². The first-order valence-electron chi connectivity index (χ1n) is 5.14. The Hall–Kier alpha value is -0.360. The average Bonchev–Trinajstić information content (AvgIpc) is 1.99. The van der Waals surface area contributed by atoms with E-state index >= 15 is 0 Å². The summed E-state index contributed by atoms with van der Waals surface area (Å²) in [5.41, 5.74) is 0. The highest BCUT2D eigenvalue weighted by Gasteiger charge is 2.32. The minimum atomic E-state index is -0.362. The van der Waals surface area contributed by atoms with Gasteiger partial charge in [0.05, 0.1) is 7.11 Å². The smallest absolute Gasteiger partial charge is 0.330 e. The molecule has 0 fully saturated rings. The van der Waals surface area contributed by atoms with Gasteiger partial charge in [0.2, 0.25) is 0 Å². The van der Waals surface area contributed by atoms with E-state index < -0.39 is 0 Å². The normalized spacial score (nSPS) is 13.6. The fraction of sp³-hybridized carbons (Fsp3) is 0.750. The molecule has 0 rings (SSSR count). The van der Waals surface area contributed by atoms with Gasteiger partial charge in [-0.1, -0.05) is 55.3 Å². The number of ether oxygens (including phenoxy) is 1. The van der Waals surface area contributed by atoms with Gasteiger partial charge in [-0.3, -0.25) is 0 Å². The lowest BCUT2D eigenvalue weighted by molar-refractivity contribution is -0.134. The highest BCUT2D eigenvalue weighted by Crippen LogP contribution is 2.60. The molecular formula is C12H23O2P. The number of carbonyl (C=O) groups is 1. The number of hydrogen-bond donors (Lipinski definition) is 0. The third-order valence-corrected chi connectivity index (χ3v) is 5.34. The van der Waals surface area contributed by atoms with Crippen molar-refractivity contribution in [1.82, 2.24) is 0 Å². The molecule has 0 aliphatic heterocycles. The maximum Gasteiger partial charge on any atom is 0.330 e. The minimum Gasteiger partial charge on any atom is -0.466 e. The second-order valence-corrected chi connectivity index (χ2v) is 9.27. The van der Waals surface area contributed by atoms with Gasteiger partial charge in [-0.2, -0.15) is 0 Å². The monoisotopic (exact) mass is 230 g/mol. The molecule has 0 aromatic carbocycles. The van der Waals surface area contributed by atoms with Gasteiger partial charge < -0.3 is 4.74 Å². The molecule has 88 valence electrons. The molecule has 15 heavy (non-hydrogen) atoms. The van der Waals surface area contributed by atoms with Crippen molar-refractivity contribution in [2.24, 2.45) is 0 Å². The largest absolute Gasteiger partial charge is 0.466 e. The SMILES string of the molecule is COC(=O)/C=C/P(C(C)(C)C)C(C)(C)C. The molecular weight excluding hydrogens is 207 g/mol. The van der Waals surface area contributed by atoms with E-state index in [1.54, 1.807) is 6.08 Å². The van der Waals surface area contributed by atoms with Crippen molar-refractivity contribution in [3.63, 3.8) is 0 Å². The lowest BCUT2D eigenvalue weighted by atomic mass is 10.2. The Morgan fingerprint density at radius 1 is 1.07 bits per heavy atom. The summed E-state index contributed by atoms with van der Waals surface area (Å²) in [7, 11) is 1.04. The second kappa shape index (κ2) is 5.12. The molecule has 0 aromatic heterocycles. The van der Waals surface area contributed by atoms with Crippen molar-refractivity contribution in [3.8, 4) is 0 Å². The van der Waals surface area contributed by atoms with Crippen molar-refractivity contribution in [2.45, 2.75) is 51.9 Å². The number of rotatable bonds is 2. The maximum atomic E-state index is 11.1. The van der Waals surface area contributed by atoms with Crippen LogP contribution in [-0.4, -0.2) is 23.4 Å². The Kier molecular flexibility index (Phi) is 4.99. The van der Waals surface area contributed by atoms with Crippen LogP contribution in [0.5, 0.6) is 0 Å². The molecule has 0 saturated carbocycles. The van der Waals surface area contributed by atoms with Gasteiger partial charge in [0.25, 0.3) is 0 Å². The fourth-order valence-corrected chi connectivity index (χ4v) is 4.83. The van der Waals surface area contributed by atoms with E-state index in [1.165, 1.54) is 7.11 Å². The zero-order valence-corrected chi connectivity index (χ0v) is 11.8. The third kappa shape index (κ3) is 5.32. The molecule has 0 spiro atoms. The molecule has 0 aliphatic rings. The van der Waals surface area contributed by atoms with Gasteiger partial charge in [0, 0.05) is 6.08 Å². The summed E-state index contributed by atoms with van der Waals surface area (Å²) in [4.78, 5) is 11.1. The Morgan fingerprint density at radius 2 is 1.47 bits per heavy atom.